The molecule has 1 fully saturated rings. The molecule has 0 spiro atoms. The van der Waals surface area contributed by atoms with Crippen molar-refractivity contribution < 1.29 is 19.0 Å². The zero-order valence-corrected chi connectivity index (χ0v) is 11.2. The Hall–Kier alpha value is -0.433. The third-order valence-electron chi connectivity index (χ3n) is 3.04. The second kappa shape index (κ2) is 5.26. The first-order valence-corrected chi connectivity index (χ1v) is 8.44. The Morgan fingerprint density at radius 2 is 2.06 bits per heavy atom. The first-order valence-electron chi connectivity index (χ1n) is 5.82. The SMILES string of the molecule is CCC(=O)O[Si](C)(CCCN)C1(CC)OO1. The molecule has 0 saturated carbocycles. The van der Waals surface area contributed by atoms with Crippen LogP contribution < -0.4 is 5.73 Å². The van der Waals surface area contributed by atoms with E-state index in [1.807, 2.05) is 13.5 Å². The van der Waals surface area contributed by atoms with Gasteiger partial charge in [0, 0.05) is 12.8 Å². The fourth-order valence-corrected chi connectivity index (χ4v) is 5.11. The van der Waals surface area contributed by atoms with E-state index in [1.165, 1.54) is 0 Å². The summed E-state index contributed by atoms with van der Waals surface area (Å²) in [7, 11) is -2.34. The summed E-state index contributed by atoms with van der Waals surface area (Å²) >= 11 is 0. The van der Waals surface area contributed by atoms with Gasteiger partial charge in [-0.3, -0.25) is 4.79 Å². The summed E-state index contributed by atoms with van der Waals surface area (Å²) in [5, 5.41) is 0. The molecule has 6 heteroatoms. The Bertz CT molecular complexity index is 257. The van der Waals surface area contributed by atoms with E-state index in [1.54, 1.807) is 6.92 Å². The minimum Gasteiger partial charge on any atom is -0.513 e. The van der Waals surface area contributed by atoms with Crippen molar-refractivity contribution in [2.24, 2.45) is 5.73 Å². The van der Waals surface area contributed by atoms with Crippen LogP contribution in [-0.2, 0) is 19.0 Å². The van der Waals surface area contributed by atoms with Crippen LogP contribution in [0.5, 0.6) is 0 Å². The third kappa shape index (κ3) is 2.63. The van der Waals surface area contributed by atoms with Gasteiger partial charge in [0.15, 0.2) is 0 Å². The van der Waals surface area contributed by atoms with Gasteiger partial charge >= 0.3 is 8.32 Å². The number of rotatable bonds is 7. The largest absolute Gasteiger partial charge is 0.513 e. The highest BCUT2D eigenvalue weighted by Gasteiger charge is 2.66. The van der Waals surface area contributed by atoms with Gasteiger partial charge in [0.25, 0.3) is 11.4 Å². The molecule has 16 heavy (non-hydrogen) atoms. The first-order chi connectivity index (χ1) is 7.53. The summed E-state index contributed by atoms with van der Waals surface area (Å²) in [6.07, 6.45) is 1.91. The number of carbonyl (C=O) groups excluding carboxylic acids is 1. The third-order valence-corrected chi connectivity index (χ3v) is 7.16. The van der Waals surface area contributed by atoms with Crippen molar-refractivity contribution in [2.75, 3.05) is 6.54 Å². The fraction of sp³-hybridized carbons (Fsp3) is 0.900. The number of hydrogen-bond acceptors (Lipinski definition) is 5. The van der Waals surface area contributed by atoms with Gasteiger partial charge in [-0.2, -0.15) is 9.78 Å². The van der Waals surface area contributed by atoms with Crippen molar-refractivity contribution in [3.8, 4) is 0 Å². The highest BCUT2D eigenvalue weighted by molar-refractivity contribution is 6.76. The second-order valence-corrected chi connectivity index (χ2v) is 8.15. The molecule has 2 N–H and O–H groups in total. The van der Waals surface area contributed by atoms with Crippen LogP contribution in [0.25, 0.3) is 0 Å². The molecular weight excluding hydrogens is 226 g/mol. The quantitative estimate of drug-likeness (QED) is 0.419. The van der Waals surface area contributed by atoms with E-state index in [0.717, 1.165) is 12.5 Å². The van der Waals surface area contributed by atoms with Crippen LogP contribution in [0.2, 0.25) is 12.6 Å². The molecule has 1 saturated heterocycles. The van der Waals surface area contributed by atoms with E-state index >= 15 is 0 Å². The molecule has 1 atom stereocenters. The molecule has 1 heterocycles. The van der Waals surface area contributed by atoms with Gasteiger partial charge in [0.05, 0.1) is 0 Å². The van der Waals surface area contributed by atoms with E-state index in [-0.39, 0.29) is 5.97 Å². The molecule has 0 amide bonds. The Morgan fingerprint density at radius 1 is 1.44 bits per heavy atom. The van der Waals surface area contributed by atoms with Gasteiger partial charge < -0.3 is 10.2 Å². The maximum absolute atomic E-state index is 11.5. The Balaban J connectivity index is 2.71. The molecule has 0 aromatic heterocycles. The van der Waals surface area contributed by atoms with Crippen LogP contribution in [0.3, 0.4) is 0 Å². The minimum absolute atomic E-state index is 0.182. The van der Waals surface area contributed by atoms with Gasteiger partial charge in [0.2, 0.25) is 0 Å². The molecule has 1 aliphatic rings. The Kier molecular flexibility index (Phi) is 4.49. The standard InChI is InChI=1S/C10H21NO4Si/c1-4-9(12)13-16(3,8-6-7-11)10(5-2)14-15-10/h4-8,11H2,1-3H3. The van der Waals surface area contributed by atoms with E-state index in [2.05, 4.69) is 0 Å². The molecule has 5 nitrogen and oxygen atoms in total. The summed E-state index contributed by atoms with van der Waals surface area (Å²) in [5.41, 5.74) is 4.87. The molecule has 0 aliphatic carbocycles. The lowest BCUT2D eigenvalue weighted by Crippen LogP contribution is -2.51. The molecule has 1 aliphatic heterocycles. The lowest BCUT2D eigenvalue weighted by molar-refractivity contribution is -0.135. The maximum Gasteiger partial charge on any atom is 0.321 e. The highest BCUT2D eigenvalue weighted by atomic mass is 28.4. The lowest BCUT2D eigenvalue weighted by atomic mass is 10.5. The molecular formula is C10H21NO4Si. The van der Waals surface area contributed by atoms with Crippen LogP contribution in [0.15, 0.2) is 0 Å². The summed E-state index contributed by atoms with van der Waals surface area (Å²) in [5.74, 6) is -0.182. The van der Waals surface area contributed by atoms with Crippen molar-refractivity contribution in [1.82, 2.24) is 0 Å². The number of hydrogen-bond donors (Lipinski definition) is 1. The molecule has 0 aromatic carbocycles. The highest BCUT2D eigenvalue weighted by Crippen LogP contribution is 2.45. The summed E-state index contributed by atoms with van der Waals surface area (Å²) in [6.45, 7) is 6.33. The van der Waals surface area contributed by atoms with Gasteiger partial charge in [-0.05, 0) is 25.6 Å². The van der Waals surface area contributed by atoms with Crippen LogP contribution in [0.4, 0.5) is 0 Å². The number of carbonyl (C=O) groups is 1. The predicted octanol–water partition coefficient (Wildman–Crippen LogP) is 1.47. The van der Waals surface area contributed by atoms with Crippen molar-refractivity contribution in [1.29, 1.82) is 0 Å². The molecule has 0 radical (unpaired) electrons. The van der Waals surface area contributed by atoms with Crippen molar-refractivity contribution in [3.05, 3.63) is 0 Å². The van der Waals surface area contributed by atoms with E-state index in [4.69, 9.17) is 19.9 Å². The summed E-state index contributed by atoms with van der Waals surface area (Å²) < 4.78 is 5.60. The number of nitrogens with two attached hydrogens (primary N) is 1. The van der Waals surface area contributed by atoms with Gasteiger partial charge in [-0.15, -0.1) is 0 Å². The Labute approximate surface area is 97.3 Å². The van der Waals surface area contributed by atoms with Crippen molar-refractivity contribution in [3.63, 3.8) is 0 Å². The second-order valence-electron chi connectivity index (χ2n) is 4.22. The molecule has 1 rings (SSSR count). The summed E-state index contributed by atoms with van der Waals surface area (Å²) in [6, 6.07) is 0.781. The van der Waals surface area contributed by atoms with E-state index < -0.39 is 13.7 Å². The van der Waals surface area contributed by atoms with Crippen molar-refractivity contribution in [2.45, 2.75) is 51.1 Å². The maximum atomic E-state index is 11.5. The van der Waals surface area contributed by atoms with Crippen LogP contribution in [0, 0.1) is 0 Å². The molecule has 0 aromatic rings. The smallest absolute Gasteiger partial charge is 0.321 e. The lowest BCUT2D eigenvalue weighted by Gasteiger charge is -2.28. The first kappa shape index (κ1) is 13.6. The zero-order valence-electron chi connectivity index (χ0n) is 10.2. The van der Waals surface area contributed by atoms with Gasteiger partial charge in [-0.25, -0.2) is 0 Å². The fourth-order valence-electron chi connectivity index (χ4n) is 1.80. The average molecular weight is 247 g/mol. The topological polar surface area (TPSA) is 77.4 Å². The van der Waals surface area contributed by atoms with E-state index in [9.17, 15) is 4.79 Å². The average Bonchev–Trinajstić information content (AvgIpc) is 3.07. The van der Waals surface area contributed by atoms with Crippen LogP contribution in [-0.4, -0.2) is 26.2 Å². The van der Waals surface area contributed by atoms with E-state index in [0.29, 0.717) is 19.4 Å². The molecule has 0 bridgehead atoms. The van der Waals surface area contributed by atoms with Gasteiger partial charge in [0.1, 0.15) is 0 Å². The summed E-state index contributed by atoms with van der Waals surface area (Å²) in [4.78, 5) is 21.6. The Morgan fingerprint density at radius 3 is 2.44 bits per heavy atom. The van der Waals surface area contributed by atoms with Crippen molar-refractivity contribution >= 4 is 14.3 Å². The van der Waals surface area contributed by atoms with Gasteiger partial charge in [-0.1, -0.05) is 13.8 Å². The monoisotopic (exact) mass is 247 g/mol. The minimum atomic E-state index is -2.34. The predicted molar refractivity (Wildman–Crippen MR) is 61.7 cm³/mol. The normalized spacial score (nSPS) is 21.2. The van der Waals surface area contributed by atoms with Crippen LogP contribution >= 0.6 is 0 Å². The zero-order chi connectivity index (χ0) is 12.2. The molecule has 1 unspecified atom stereocenters. The van der Waals surface area contributed by atoms with Crippen LogP contribution in [0.1, 0.15) is 33.1 Å². The molecule has 94 valence electrons.